The maximum Gasteiger partial charge on any atom is 0.132 e. The number of hydrogen-bond acceptors (Lipinski definition) is 2. The van der Waals surface area contributed by atoms with Gasteiger partial charge < -0.3 is 4.74 Å². The van der Waals surface area contributed by atoms with Crippen LogP contribution in [0.15, 0.2) is 29.2 Å². The third-order valence-electron chi connectivity index (χ3n) is 1.09. The molecule has 3 heteroatoms. The zero-order valence-corrected chi connectivity index (χ0v) is 9.06. The number of thiol groups is 1. The van der Waals surface area contributed by atoms with E-state index in [1.54, 1.807) is 7.11 Å². The topological polar surface area (TPSA) is 9.23 Å². The first-order valence-corrected chi connectivity index (χ1v) is 3.11. The van der Waals surface area contributed by atoms with Crippen LogP contribution in [0.25, 0.3) is 0 Å². The summed E-state index contributed by atoms with van der Waals surface area (Å²) in [5.41, 5.74) is 0. The second-order valence-corrected chi connectivity index (χ2v) is 2.15. The third kappa shape index (κ3) is 2.54. The normalized spacial score (nSPS) is 8.20. The number of methoxy groups -OCH3 is 1. The maximum atomic E-state index is 4.97. The van der Waals surface area contributed by atoms with E-state index >= 15 is 0 Å². The van der Waals surface area contributed by atoms with Gasteiger partial charge in [0.05, 0.1) is 7.11 Å². The maximum absolute atomic E-state index is 4.97. The van der Waals surface area contributed by atoms with Crippen LogP contribution in [-0.4, -0.2) is 36.7 Å². The van der Waals surface area contributed by atoms with Crippen LogP contribution in [0.3, 0.4) is 0 Å². The van der Waals surface area contributed by atoms with E-state index in [2.05, 4.69) is 12.6 Å². The van der Waals surface area contributed by atoms with Crippen molar-refractivity contribution in [2.24, 2.45) is 0 Å². The van der Waals surface area contributed by atoms with Crippen molar-refractivity contribution in [1.29, 1.82) is 0 Å². The standard InChI is InChI=1S/C7H8OS.Na/c1-8-6-4-2-3-5-7(6)9;/h2-5,9H,1H3;. The predicted octanol–water partition coefficient (Wildman–Crippen LogP) is 1.60. The molecule has 0 heterocycles. The van der Waals surface area contributed by atoms with E-state index in [0.717, 1.165) is 10.6 Å². The molecule has 1 nitrogen and oxygen atoms in total. The first kappa shape index (κ1) is 10.4. The van der Waals surface area contributed by atoms with E-state index in [-0.39, 0.29) is 29.6 Å². The molecule has 1 aromatic carbocycles. The first-order valence-electron chi connectivity index (χ1n) is 2.66. The van der Waals surface area contributed by atoms with Crippen molar-refractivity contribution >= 4 is 42.2 Å². The van der Waals surface area contributed by atoms with Gasteiger partial charge in [-0.15, -0.1) is 12.6 Å². The van der Waals surface area contributed by atoms with E-state index in [0.29, 0.717) is 0 Å². The summed E-state index contributed by atoms with van der Waals surface area (Å²) >= 11 is 4.15. The Bertz CT molecular complexity index is 203. The summed E-state index contributed by atoms with van der Waals surface area (Å²) in [6, 6.07) is 7.60. The Kier molecular flexibility index (Phi) is 5.27. The Morgan fingerprint density at radius 3 is 2.30 bits per heavy atom. The van der Waals surface area contributed by atoms with Crippen molar-refractivity contribution in [3.05, 3.63) is 24.3 Å². The summed E-state index contributed by atoms with van der Waals surface area (Å²) in [6.45, 7) is 0. The van der Waals surface area contributed by atoms with Crippen molar-refractivity contribution < 1.29 is 4.74 Å². The van der Waals surface area contributed by atoms with Gasteiger partial charge in [-0.3, -0.25) is 0 Å². The van der Waals surface area contributed by atoms with Crippen molar-refractivity contribution in [2.45, 2.75) is 4.90 Å². The largest absolute Gasteiger partial charge is 0.496 e. The van der Waals surface area contributed by atoms with Gasteiger partial charge in [-0.25, -0.2) is 0 Å². The Labute approximate surface area is 88.5 Å². The van der Waals surface area contributed by atoms with Crippen LogP contribution in [0.1, 0.15) is 0 Å². The van der Waals surface area contributed by atoms with Gasteiger partial charge in [0.2, 0.25) is 0 Å². The fraction of sp³-hybridized carbons (Fsp3) is 0.143. The van der Waals surface area contributed by atoms with E-state index < -0.39 is 0 Å². The molecule has 0 saturated heterocycles. The molecule has 49 valence electrons. The van der Waals surface area contributed by atoms with Crippen LogP contribution in [-0.2, 0) is 0 Å². The van der Waals surface area contributed by atoms with E-state index in [9.17, 15) is 0 Å². The molecule has 1 aromatic rings. The van der Waals surface area contributed by atoms with Gasteiger partial charge in [0, 0.05) is 34.5 Å². The molecule has 0 atom stereocenters. The van der Waals surface area contributed by atoms with Gasteiger partial charge in [0.1, 0.15) is 5.75 Å². The molecule has 0 aliphatic rings. The fourth-order valence-corrected chi connectivity index (χ4v) is 0.882. The van der Waals surface area contributed by atoms with Crippen molar-refractivity contribution in [1.82, 2.24) is 0 Å². The molecule has 0 aliphatic heterocycles. The molecule has 0 saturated carbocycles. The van der Waals surface area contributed by atoms with Crippen LogP contribution in [0.5, 0.6) is 5.75 Å². The Balaban J connectivity index is 0.000000810. The van der Waals surface area contributed by atoms with E-state index in [1.165, 1.54) is 0 Å². The van der Waals surface area contributed by atoms with Gasteiger partial charge in [0.25, 0.3) is 0 Å². The van der Waals surface area contributed by atoms with Gasteiger partial charge in [-0.1, -0.05) is 12.1 Å². The third-order valence-corrected chi connectivity index (χ3v) is 1.45. The number of ether oxygens (including phenoxy) is 1. The second-order valence-electron chi connectivity index (χ2n) is 1.67. The fourth-order valence-electron chi connectivity index (χ4n) is 0.630. The number of para-hydroxylation sites is 1. The molecule has 1 rings (SSSR count). The number of rotatable bonds is 1. The SMILES string of the molecule is COc1ccccc1S.[Na]. The molecule has 10 heavy (non-hydrogen) atoms. The van der Waals surface area contributed by atoms with Gasteiger partial charge in [0.15, 0.2) is 0 Å². The molecule has 1 radical (unpaired) electrons. The molecular weight excluding hydrogens is 155 g/mol. The van der Waals surface area contributed by atoms with Crippen LogP contribution >= 0.6 is 12.6 Å². The molecule has 0 spiro atoms. The quantitative estimate of drug-likeness (QED) is 0.488. The first-order chi connectivity index (χ1) is 4.34. The molecule has 0 bridgehead atoms. The Morgan fingerprint density at radius 2 is 1.90 bits per heavy atom. The van der Waals surface area contributed by atoms with Crippen molar-refractivity contribution in [3.63, 3.8) is 0 Å². The summed E-state index contributed by atoms with van der Waals surface area (Å²) in [5.74, 6) is 0.820. The summed E-state index contributed by atoms with van der Waals surface area (Å²) in [5, 5.41) is 0. The zero-order valence-electron chi connectivity index (χ0n) is 6.16. The van der Waals surface area contributed by atoms with E-state index in [4.69, 9.17) is 4.74 Å². The van der Waals surface area contributed by atoms with Gasteiger partial charge in [-0.05, 0) is 12.1 Å². The Morgan fingerprint density at radius 1 is 1.30 bits per heavy atom. The summed E-state index contributed by atoms with van der Waals surface area (Å²) in [7, 11) is 1.63. The molecule has 0 aromatic heterocycles. The van der Waals surface area contributed by atoms with Crippen LogP contribution in [0, 0.1) is 0 Å². The Hall–Kier alpha value is 0.370. The molecular formula is C7H8NaOS. The van der Waals surface area contributed by atoms with Crippen LogP contribution in [0.4, 0.5) is 0 Å². The summed E-state index contributed by atoms with van der Waals surface area (Å²) in [6.07, 6.45) is 0. The zero-order chi connectivity index (χ0) is 6.69. The predicted molar refractivity (Wildman–Crippen MR) is 46.0 cm³/mol. The smallest absolute Gasteiger partial charge is 0.132 e. The van der Waals surface area contributed by atoms with Crippen LogP contribution in [0.2, 0.25) is 0 Å². The molecule has 0 N–H and O–H groups in total. The van der Waals surface area contributed by atoms with Gasteiger partial charge >= 0.3 is 0 Å². The number of hydrogen-bond donors (Lipinski definition) is 1. The van der Waals surface area contributed by atoms with Crippen molar-refractivity contribution in [3.8, 4) is 5.75 Å². The summed E-state index contributed by atoms with van der Waals surface area (Å²) in [4.78, 5) is 0.875. The van der Waals surface area contributed by atoms with Crippen LogP contribution < -0.4 is 4.74 Å². The van der Waals surface area contributed by atoms with E-state index in [1.807, 2.05) is 24.3 Å². The van der Waals surface area contributed by atoms with Crippen molar-refractivity contribution in [2.75, 3.05) is 7.11 Å². The average Bonchev–Trinajstić information content (AvgIpc) is 1.89. The summed E-state index contributed by atoms with van der Waals surface area (Å²) < 4.78 is 4.97. The minimum atomic E-state index is 0. The number of benzene rings is 1. The average molecular weight is 163 g/mol. The molecule has 0 fully saturated rings. The molecule has 0 aliphatic carbocycles. The molecule has 0 unspecified atom stereocenters. The minimum Gasteiger partial charge on any atom is -0.496 e. The second kappa shape index (κ2) is 5.08. The van der Waals surface area contributed by atoms with Gasteiger partial charge in [-0.2, -0.15) is 0 Å². The minimum absolute atomic E-state index is 0. The molecule has 0 amide bonds. The monoisotopic (exact) mass is 163 g/mol.